The maximum atomic E-state index is 3.53. The molecule has 0 aliphatic carbocycles. The largest absolute Gasteiger partial charge is 0.317 e. The fourth-order valence-electron chi connectivity index (χ4n) is 2.19. The summed E-state index contributed by atoms with van der Waals surface area (Å²) in [7, 11) is 0. The number of nitrogens with one attached hydrogen (secondary N) is 4. The number of rotatable bonds is 16. The van der Waals surface area contributed by atoms with E-state index in [1.807, 2.05) is 0 Å². The van der Waals surface area contributed by atoms with E-state index in [-0.39, 0.29) is 0 Å². The van der Waals surface area contributed by atoms with Gasteiger partial charge >= 0.3 is 0 Å². The minimum absolute atomic E-state index is 0.450. The van der Waals surface area contributed by atoms with Gasteiger partial charge in [-0.25, -0.2) is 0 Å². The molecule has 4 N–H and O–H groups in total. The molecule has 0 fully saturated rings. The molecule has 0 aromatic heterocycles. The second-order valence-corrected chi connectivity index (χ2v) is 7.33. The lowest BCUT2D eigenvalue weighted by molar-refractivity contribution is 0.366. The summed E-state index contributed by atoms with van der Waals surface area (Å²) in [6.07, 6.45) is 6.26. The summed E-state index contributed by atoms with van der Waals surface area (Å²) in [5, 5.41) is 13.9. The molecule has 0 bridgehead atoms. The lowest BCUT2D eigenvalue weighted by Gasteiger charge is -2.18. The van der Waals surface area contributed by atoms with Gasteiger partial charge in [0.1, 0.15) is 0 Å². The van der Waals surface area contributed by atoms with E-state index in [2.05, 4.69) is 49.0 Å². The molecule has 0 aliphatic heterocycles. The summed E-state index contributed by atoms with van der Waals surface area (Å²) >= 11 is 0. The molecule has 0 aromatic carbocycles. The Morgan fingerprint density at radius 1 is 0.545 bits per heavy atom. The Morgan fingerprint density at radius 3 is 1.41 bits per heavy atom. The van der Waals surface area contributed by atoms with Gasteiger partial charge in [-0.3, -0.25) is 0 Å². The normalized spacial score (nSPS) is 12.0. The third-order valence-corrected chi connectivity index (χ3v) is 3.67. The van der Waals surface area contributed by atoms with E-state index < -0.39 is 0 Å². The van der Waals surface area contributed by atoms with E-state index in [0.717, 1.165) is 52.4 Å². The minimum Gasteiger partial charge on any atom is -0.317 e. The first-order valence-corrected chi connectivity index (χ1v) is 9.39. The van der Waals surface area contributed by atoms with Crippen LogP contribution in [0.25, 0.3) is 0 Å². The third kappa shape index (κ3) is 19.8. The molecule has 22 heavy (non-hydrogen) atoms. The highest BCUT2D eigenvalue weighted by atomic mass is 14.9. The van der Waals surface area contributed by atoms with Crippen LogP contribution < -0.4 is 21.3 Å². The van der Waals surface area contributed by atoms with Gasteiger partial charge in [0.25, 0.3) is 0 Å². The Balaban J connectivity index is 3.00. The van der Waals surface area contributed by atoms with Gasteiger partial charge in [-0.15, -0.1) is 0 Å². The van der Waals surface area contributed by atoms with E-state index in [1.165, 1.54) is 32.1 Å². The Morgan fingerprint density at radius 2 is 0.955 bits per heavy atom. The SMILES string of the molecule is CCNCCCNCCCCNCCCNCCC(C)(C)C. The Kier molecular flexibility index (Phi) is 15.6. The molecule has 0 unspecified atom stereocenters. The predicted molar refractivity (Wildman–Crippen MR) is 99.7 cm³/mol. The first kappa shape index (κ1) is 21.8. The van der Waals surface area contributed by atoms with Crippen molar-refractivity contribution < 1.29 is 0 Å². The van der Waals surface area contributed by atoms with Crippen LogP contribution in [0.3, 0.4) is 0 Å². The molecule has 4 heteroatoms. The second-order valence-electron chi connectivity index (χ2n) is 7.33. The summed E-state index contributed by atoms with van der Waals surface area (Å²) in [5.41, 5.74) is 0.450. The highest BCUT2D eigenvalue weighted by Gasteiger charge is 2.08. The Bertz CT molecular complexity index is 214. The molecule has 0 rings (SSSR count). The van der Waals surface area contributed by atoms with E-state index in [1.54, 1.807) is 0 Å². The topological polar surface area (TPSA) is 48.1 Å². The average molecular weight is 315 g/mol. The average Bonchev–Trinajstić information content (AvgIpc) is 2.45. The van der Waals surface area contributed by atoms with E-state index >= 15 is 0 Å². The van der Waals surface area contributed by atoms with Crippen LogP contribution >= 0.6 is 0 Å². The second kappa shape index (κ2) is 15.7. The number of hydrogen-bond acceptors (Lipinski definition) is 4. The monoisotopic (exact) mass is 314 g/mol. The summed E-state index contributed by atoms with van der Waals surface area (Å²) in [4.78, 5) is 0. The first-order valence-electron chi connectivity index (χ1n) is 9.39. The standard InChI is InChI=1S/C18H42N4/c1-5-19-13-8-14-20-11-6-7-12-21-15-9-16-22-17-10-18(2,3)4/h19-22H,5-17H2,1-4H3. The van der Waals surface area contributed by atoms with Crippen LogP contribution in [0, 0.1) is 5.41 Å². The van der Waals surface area contributed by atoms with Gasteiger partial charge < -0.3 is 21.3 Å². The van der Waals surface area contributed by atoms with E-state index in [4.69, 9.17) is 0 Å². The van der Waals surface area contributed by atoms with Gasteiger partial charge in [-0.05, 0) is 89.9 Å². The van der Waals surface area contributed by atoms with Gasteiger partial charge in [-0.2, -0.15) is 0 Å². The van der Waals surface area contributed by atoms with Gasteiger partial charge in [-0.1, -0.05) is 27.7 Å². The molecule has 0 saturated heterocycles. The Hall–Kier alpha value is -0.160. The zero-order valence-corrected chi connectivity index (χ0v) is 15.7. The van der Waals surface area contributed by atoms with Crippen molar-refractivity contribution in [3.8, 4) is 0 Å². The summed E-state index contributed by atoms with van der Waals surface area (Å²) in [5.74, 6) is 0. The number of hydrogen-bond donors (Lipinski definition) is 4. The summed E-state index contributed by atoms with van der Waals surface area (Å²) in [6, 6.07) is 0. The van der Waals surface area contributed by atoms with Crippen molar-refractivity contribution in [3.05, 3.63) is 0 Å². The molecule has 0 aliphatic rings. The zero-order chi connectivity index (χ0) is 16.5. The maximum Gasteiger partial charge on any atom is -0.00368 e. The van der Waals surface area contributed by atoms with Crippen molar-refractivity contribution in [2.24, 2.45) is 5.41 Å². The van der Waals surface area contributed by atoms with Crippen molar-refractivity contribution in [2.45, 2.75) is 59.8 Å². The van der Waals surface area contributed by atoms with Crippen LogP contribution in [0.15, 0.2) is 0 Å². The van der Waals surface area contributed by atoms with Crippen LogP contribution in [-0.4, -0.2) is 52.4 Å². The highest BCUT2D eigenvalue weighted by Crippen LogP contribution is 2.16. The van der Waals surface area contributed by atoms with Crippen LogP contribution in [0.1, 0.15) is 59.8 Å². The van der Waals surface area contributed by atoms with Gasteiger partial charge in [0.15, 0.2) is 0 Å². The molecule has 0 radical (unpaired) electrons. The van der Waals surface area contributed by atoms with Crippen LogP contribution in [0.5, 0.6) is 0 Å². The van der Waals surface area contributed by atoms with Crippen molar-refractivity contribution >= 4 is 0 Å². The molecule has 0 aromatic rings. The lowest BCUT2D eigenvalue weighted by Crippen LogP contribution is -2.26. The molecule has 0 heterocycles. The quantitative estimate of drug-likeness (QED) is 0.330. The zero-order valence-electron chi connectivity index (χ0n) is 15.7. The fourth-order valence-corrected chi connectivity index (χ4v) is 2.19. The maximum absolute atomic E-state index is 3.53. The fraction of sp³-hybridized carbons (Fsp3) is 1.00. The van der Waals surface area contributed by atoms with Crippen molar-refractivity contribution in [1.82, 2.24) is 21.3 Å². The summed E-state index contributed by atoms with van der Waals surface area (Å²) < 4.78 is 0. The molecule has 0 amide bonds. The Labute approximate surface area is 139 Å². The van der Waals surface area contributed by atoms with Crippen LogP contribution in [-0.2, 0) is 0 Å². The predicted octanol–water partition coefficient (Wildman–Crippen LogP) is 2.36. The smallest absolute Gasteiger partial charge is 0.00368 e. The molecular weight excluding hydrogens is 272 g/mol. The van der Waals surface area contributed by atoms with Crippen molar-refractivity contribution in [1.29, 1.82) is 0 Å². The highest BCUT2D eigenvalue weighted by molar-refractivity contribution is 4.63. The van der Waals surface area contributed by atoms with Crippen molar-refractivity contribution in [3.63, 3.8) is 0 Å². The van der Waals surface area contributed by atoms with Crippen molar-refractivity contribution in [2.75, 3.05) is 52.4 Å². The van der Waals surface area contributed by atoms with Gasteiger partial charge in [0.2, 0.25) is 0 Å². The van der Waals surface area contributed by atoms with E-state index in [0.29, 0.717) is 5.41 Å². The van der Waals surface area contributed by atoms with Gasteiger partial charge in [0, 0.05) is 0 Å². The van der Waals surface area contributed by atoms with Gasteiger partial charge in [0.05, 0.1) is 0 Å². The summed E-state index contributed by atoms with van der Waals surface area (Å²) in [6.45, 7) is 18.1. The molecule has 0 spiro atoms. The first-order chi connectivity index (χ1) is 10.6. The molecule has 4 nitrogen and oxygen atoms in total. The van der Waals surface area contributed by atoms with Crippen LogP contribution in [0.2, 0.25) is 0 Å². The minimum atomic E-state index is 0.450. The third-order valence-electron chi connectivity index (χ3n) is 3.67. The molecule has 0 atom stereocenters. The number of unbranched alkanes of at least 4 members (excludes halogenated alkanes) is 1. The molecule has 0 saturated carbocycles. The molecule has 134 valence electrons. The molecular formula is C18H42N4. The van der Waals surface area contributed by atoms with Crippen LogP contribution in [0.4, 0.5) is 0 Å². The van der Waals surface area contributed by atoms with E-state index in [9.17, 15) is 0 Å². The lowest BCUT2D eigenvalue weighted by atomic mass is 9.92.